The van der Waals surface area contributed by atoms with E-state index in [1.54, 1.807) is 24.2 Å². The second-order valence-corrected chi connectivity index (χ2v) is 7.90. The van der Waals surface area contributed by atoms with Crippen molar-refractivity contribution in [1.82, 2.24) is 19.8 Å². The van der Waals surface area contributed by atoms with E-state index < -0.39 is 12.2 Å². The van der Waals surface area contributed by atoms with Crippen molar-refractivity contribution in [1.29, 1.82) is 0 Å². The third-order valence-corrected chi connectivity index (χ3v) is 5.68. The number of aliphatic hydroxyl groups is 1. The van der Waals surface area contributed by atoms with Gasteiger partial charge in [-0.25, -0.2) is 0 Å². The Kier molecular flexibility index (Phi) is 7.36. The summed E-state index contributed by atoms with van der Waals surface area (Å²) < 4.78 is 13.5. The highest BCUT2D eigenvalue weighted by molar-refractivity contribution is 5.87. The third kappa shape index (κ3) is 5.27. The number of amides is 1. The van der Waals surface area contributed by atoms with E-state index in [0.717, 1.165) is 23.0 Å². The highest BCUT2D eigenvalue weighted by Crippen LogP contribution is 2.27. The molecule has 2 N–H and O–H groups in total. The van der Waals surface area contributed by atoms with E-state index in [1.165, 1.54) is 0 Å². The van der Waals surface area contributed by atoms with Crippen LogP contribution in [0.4, 0.5) is 0 Å². The van der Waals surface area contributed by atoms with Crippen LogP contribution in [0.5, 0.6) is 5.75 Å². The fourth-order valence-electron chi connectivity index (χ4n) is 3.90. The van der Waals surface area contributed by atoms with Gasteiger partial charge in [-0.3, -0.25) is 9.78 Å². The first-order valence-electron chi connectivity index (χ1n) is 11.0. The van der Waals surface area contributed by atoms with Crippen LogP contribution in [0.3, 0.4) is 0 Å². The number of benzene rings is 1. The Hall–Kier alpha value is -2.94. The van der Waals surface area contributed by atoms with Gasteiger partial charge in [-0.15, -0.1) is 0 Å². The second-order valence-electron chi connectivity index (χ2n) is 7.90. The molecule has 8 heteroatoms. The van der Waals surface area contributed by atoms with Gasteiger partial charge in [0.2, 0.25) is 0 Å². The molecule has 1 amide bonds. The first kappa shape index (κ1) is 22.3. The number of nitrogens with zero attached hydrogens (tertiary/aromatic N) is 3. The predicted octanol–water partition coefficient (Wildman–Crippen LogP) is 1.99. The summed E-state index contributed by atoms with van der Waals surface area (Å²) >= 11 is 0. The maximum atomic E-state index is 12.7. The molecule has 170 valence electrons. The van der Waals surface area contributed by atoms with Gasteiger partial charge in [0.1, 0.15) is 5.75 Å². The summed E-state index contributed by atoms with van der Waals surface area (Å²) in [5, 5.41) is 14.5. The van der Waals surface area contributed by atoms with Gasteiger partial charge >= 0.3 is 0 Å². The van der Waals surface area contributed by atoms with E-state index in [9.17, 15) is 9.90 Å². The van der Waals surface area contributed by atoms with Crippen LogP contribution in [0.15, 0.2) is 55.0 Å². The quantitative estimate of drug-likeness (QED) is 0.497. The topological polar surface area (TPSA) is 88.8 Å². The summed E-state index contributed by atoms with van der Waals surface area (Å²) in [7, 11) is 0. The summed E-state index contributed by atoms with van der Waals surface area (Å²) in [6.07, 6.45) is 4.25. The number of hydrogen-bond acceptors (Lipinski definition) is 6. The lowest BCUT2D eigenvalue weighted by Gasteiger charge is -2.29. The van der Waals surface area contributed by atoms with E-state index in [-0.39, 0.29) is 5.91 Å². The number of carbonyl (C=O) groups is 1. The molecule has 2 atom stereocenters. The first-order valence-corrected chi connectivity index (χ1v) is 11.0. The molecule has 32 heavy (non-hydrogen) atoms. The summed E-state index contributed by atoms with van der Waals surface area (Å²) in [5.41, 5.74) is 1.84. The third-order valence-electron chi connectivity index (χ3n) is 5.68. The molecule has 1 saturated heterocycles. The lowest BCUT2D eigenvalue weighted by molar-refractivity contribution is -0.142. The molecule has 0 bridgehead atoms. The average molecular weight is 439 g/mol. The van der Waals surface area contributed by atoms with E-state index >= 15 is 0 Å². The Morgan fingerprint density at radius 2 is 2.09 bits per heavy atom. The summed E-state index contributed by atoms with van der Waals surface area (Å²) in [6, 6.07) is 11.6. The normalized spacial score (nSPS) is 16.1. The largest absolute Gasteiger partial charge is 0.480 e. The van der Waals surface area contributed by atoms with Crippen LogP contribution in [0.2, 0.25) is 0 Å². The molecule has 0 saturated carbocycles. The minimum Gasteiger partial charge on any atom is -0.480 e. The maximum absolute atomic E-state index is 12.7. The smallest absolute Gasteiger partial charge is 0.263 e. The second kappa shape index (κ2) is 10.6. The average Bonchev–Trinajstić information content (AvgIpc) is 3.26. The fourth-order valence-corrected chi connectivity index (χ4v) is 3.90. The SMILES string of the molecule is CC(Oc1cccc2c1ccn2CCNCC(O)c1cccnc1)C(=O)N1CCOCC1. The molecule has 0 spiro atoms. The number of hydrogen-bond donors (Lipinski definition) is 2. The molecule has 3 heterocycles. The monoisotopic (exact) mass is 438 g/mol. The van der Waals surface area contributed by atoms with Crippen molar-refractivity contribution < 1.29 is 19.4 Å². The summed E-state index contributed by atoms with van der Waals surface area (Å²) in [5.74, 6) is 0.691. The highest BCUT2D eigenvalue weighted by atomic mass is 16.5. The highest BCUT2D eigenvalue weighted by Gasteiger charge is 2.24. The molecule has 0 radical (unpaired) electrons. The number of aliphatic hydroxyl groups excluding tert-OH is 1. The number of fused-ring (bicyclic) bond motifs is 1. The molecule has 2 unspecified atom stereocenters. The molecular weight excluding hydrogens is 408 g/mol. The molecule has 1 aliphatic heterocycles. The summed E-state index contributed by atoms with van der Waals surface area (Å²) in [4.78, 5) is 18.5. The lowest BCUT2D eigenvalue weighted by Crippen LogP contribution is -2.46. The Labute approximate surface area is 187 Å². The zero-order chi connectivity index (χ0) is 22.3. The molecule has 0 aliphatic carbocycles. The van der Waals surface area contributed by atoms with Crippen LogP contribution in [-0.4, -0.2) is 71.0 Å². The fraction of sp³-hybridized carbons (Fsp3) is 0.417. The van der Waals surface area contributed by atoms with Gasteiger partial charge in [0.15, 0.2) is 6.10 Å². The van der Waals surface area contributed by atoms with Crippen molar-refractivity contribution in [2.24, 2.45) is 0 Å². The van der Waals surface area contributed by atoms with Crippen LogP contribution in [-0.2, 0) is 16.1 Å². The molecular formula is C24H30N4O4. The standard InChI is InChI=1S/C24H30N4O4/c1-18(24(30)28-12-14-31-15-13-28)32-23-6-2-5-21-20(23)7-10-27(21)11-9-26-17-22(29)19-4-3-8-25-16-19/h2-8,10,16,18,22,26,29H,9,11-15,17H2,1H3. The maximum Gasteiger partial charge on any atom is 0.263 e. The van der Waals surface area contributed by atoms with Crippen molar-refractivity contribution in [3.63, 3.8) is 0 Å². The number of ether oxygens (including phenoxy) is 2. The van der Waals surface area contributed by atoms with Crippen LogP contribution in [0.25, 0.3) is 10.9 Å². The Morgan fingerprint density at radius 3 is 2.88 bits per heavy atom. The molecule has 4 rings (SSSR count). The lowest BCUT2D eigenvalue weighted by atomic mass is 10.1. The van der Waals surface area contributed by atoms with Crippen LogP contribution < -0.4 is 10.1 Å². The minimum absolute atomic E-state index is 0.0129. The molecule has 8 nitrogen and oxygen atoms in total. The zero-order valence-electron chi connectivity index (χ0n) is 18.3. The number of pyridine rings is 1. The van der Waals surface area contributed by atoms with Crippen molar-refractivity contribution in [3.8, 4) is 5.75 Å². The van der Waals surface area contributed by atoms with Gasteiger partial charge in [0.25, 0.3) is 5.91 Å². The van der Waals surface area contributed by atoms with Gasteiger partial charge in [-0.2, -0.15) is 0 Å². The van der Waals surface area contributed by atoms with Gasteiger partial charge < -0.3 is 29.4 Å². The van der Waals surface area contributed by atoms with Crippen molar-refractivity contribution in [2.75, 3.05) is 39.4 Å². The number of carbonyl (C=O) groups excluding carboxylic acids is 1. The number of rotatable bonds is 9. The zero-order valence-corrected chi connectivity index (χ0v) is 18.3. The minimum atomic E-state index is -0.587. The summed E-state index contributed by atoms with van der Waals surface area (Å²) in [6.45, 7) is 6.07. The number of morpholine rings is 1. The van der Waals surface area contributed by atoms with Crippen molar-refractivity contribution in [3.05, 3.63) is 60.6 Å². The van der Waals surface area contributed by atoms with E-state index in [1.807, 2.05) is 42.6 Å². The van der Waals surface area contributed by atoms with Crippen LogP contribution in [0.1, 0.15) is 18.6 Å². The predicted molar refractivity (Wildman–Crippen MR) is 121 cm³/mol. The molecule has 3 aromatic rings. The van der Waals surface area contributed by atoms with Gasteiger partial charge in [-0.05, 0) is 31.2 Å². The molecule has 1 aromatic carbocycles. The van der Waals surface area contributed by atoms with Crippen molar-refractivity contribution in [2.45, 2.75) is 25.7 Å². The number of nitrogens with one attached hydrogen (secondary N) is 1. The van der Waals surface area contributed by atoms with E-state index in [0.29, 0.717) is 45.1 Å². The van der Waals surface area contributed by atoms with Crippen LogP contribution in [0, 0.1) is 0 Å². The van der Waals surface area contributed by atoms with Gasteiger partial charge in [0.05, 0.1) is 24.8 Å². The van der Waals surface area contributed by atoms with E-state index in [4.69, 9.17) is 9.47 Å². The number of aromatic nitrogens is 2. The molecule has 2 aromatic heterocycles. The van der Waals surface area contributed by atoms with Gasteiger partial charge in [-0.1, -0.05) is 12.1 Å². The first-order chi connectivity index (χ1) is 15.6. The Morgan fingerprint density at radius 1 is 1.25 bits per heavy atom. The van der Waals surface area contributed by atoms with Gasteiger partial charge in [0, 0.05) is 62.3 Å². The van der Waals surface area contributed by atoms with E-state index in [2.05, 4.69) is 14.9 Å². The molecule has 1 aliphatic rings. The Balaban J connectivity index is 1.33. The van der Waals surface area contributed by atoms with Crippen molar-refractivity contribution >= 4 is 16.8 Å². The molecule has 1 fully saturated rings. The Bertz CT molecular complexity index is 1020. The van der Waals surface area contributed by atoms with Crippen LogP contribution >= 0.6 is 0 Å².